The molecule has 0 bridgehead atoms. The highest BCUT2D eigenvalue weighted by Crippen LogP contribution is 2.38. The van der Waals surface area contributed by atoms with Crippen molar-refractivity contribution >= 4 is 38.9 Å². The lowest BCUT2D eigenvalue weighted by Gasteiger charge is -2.31. The van der Waals surface area contributed by atoms with E-state index in [2.05, 4.69) is 27.3 Å². The van der Waals surface area contributed by atoms with Crippen LogP contribution in [-0.4, -0.2) is 12.5 Å². The summed E-state index contributed by atoms with van der Waals surface area (Å²) in [6.45, 7) is 0.236. The Morgan fingerprint density at radius 3 is 2.75 bits per heavy atom. The van der Waals surface area contributed by atoms with E-state index in [-0.39, 0.29) is 12.5 Å². The molecule has 0 aliphatic carbocycles. The van der Waals surface area contributed by atoms with Gasteiger partial charge in [-0.15, -0.1) is 0 Å². The first-order valence-corrected chi connectivity index (χ1v) is 6.85. The summed E-state index contributed by atoms with van der Waals surface area (Å²) in [6, 6.07) is 14.9. The van der Waals surface area contributed by atoms with E-state index in [9.17, 15) is 4.79 Å². The summed E-state index contributed by atoms with van der Waals surface area (Å²) in [6.07, 6.45) is 0. The number of nitriles is 1. The zero-order valence-electron chi connectivity index (χ0n) is 10.4. The van der Waals surface area contributed by atoms with Crippen molar-refractivity contribution in [3.05, 3.63) is 52.5 Å². The number of fused-ring (bicyclic) bond motifs is 1. The van der Waals surface area contributed by atoms with Crippen LogP contribution in [0.5, 0.6) is 0 Å². The van der Waals surface area contributed by atoms with E-state index in [1.165, 1.54) is 0 Å². The summed E-state index contributed by atoms with van der Waals surface area (Å²) in [7, 11) is 0. The molecule has 5 heteroatoms. The lowest BCUT2D eigenvalue weighted by atomic mass is 10.1. The average Bonchev–Trinajstić information content (AvgIpc) is 2.48. The third-order valence-corrected chi connectivity index (χ3v) is 3.81. The number of nitrogens with zero attached hydrogens (tertiary/aromatic N) is 2. The number of amides is 1. The van der Waals surface area contributed by atoms with Crippen molar-refractivity contribution in [3.63, 3.8) is 0 Å². The first kappa shape index (κ1) is 12.7. The molecule has 3 rings (SSSR count). The van der Waals surface area contributed by atoms with Crippen LogP contribution in [0.3, 0.4) is 0 Å². The second-order valence-corrected chi connectivity index (χ2v) is 5.23. The second kappa shape index (κ2) is 4.99. The van der Waals surface area contributed by atoms with Crippen LogP contribution in [0.2, 0.25) is 0 Å². The SMILES string of the molecule is N#Cc1ccc2c(c1)N(c1ccccc1Br)C(=O)CN2. The standard InChI is InChI=1S/C15H10BrN3O/c16-11-3-1-2-4-13(11)19-14-7-10(8-17)5-6-12(14)18-9-15(19)20/h1-7,18H,9H2. The molecule has 0 aromatic heterocycles. The fourth-order valence-electron chi connectivity index (χ4n) is 2.22. The number of hydrogen-bond acceptors (Lipinski definition) is 3. The fraction of sp³-hybridized carbons (Fsp3) is 0.0667. The van der Waals surface area contributed by atoms with Gasteiger partial charge in [-0.25, -0.2) is 0 Å². The molecule has 20 heavy (non-hydrogen) atoms. The minimum Gasteiger partial charge on any atom is -0.374 e. The molecule has 1 amide bonds. The van der Waals surface area contributed by atoms with Crippen molar-refractivity contribution in [1.29, 1.82) is 5.26 Å². The third-order valence-electron chi connectivity index (χ3n) is 3.14. The van der Waals surface area contributed by atoms with E-state index in [4.69, 9.17) is 5.26 Å². The minimum atomic E-state index is -0.0560. The Kier molecular flexibility index (Phi) is 3.17. The Labute approximate surface area is 124 Å². The van der Waals surface area contributed by atoms with Gasteiger partial charge in [0.1, 0.15) is 0 Å². The number of hydrogen-bond donors (Lipinski definition) is 1. The van der Waals surface area contributed by atoms with Crippen molar-refractivity contribution in [3.8, 4) is 6.07 Å². The smallest absolute Gasteiger partial charge is 0.250 e. The van der Waals surface area contributed by atoms with Gasteiger partial charge in [-0.1, -0.05) is 12.1 Å². The molecule has 0 atom stereocenters. The molecular formula is C15H10BrN3O. The number of rotatable bonds is 1. The van der Waals surface area contributed by atoms with Gasteiger partial charge in [0.15, 0.2) is 0 Å². The van der Waals surface area contributed by atoms with E-state index in [1.54, 1.807) is 17.0 Å². The predicted molar refractivity (Wildman–Crippen MR) is 80.9 cm³/mol. The van der Waals surface area contributed by atoms with E-state index in [0.717, 1.165) is 15.8 Å². The fourth-order valence-corrected chi connectivity index (χ4v) is 2.68. The van der Waals surface area contributed by atoms with Crippen LogP contribution in [0.25, 0.3) is 0 Å². The van der Waals surface area contributed by atoms with Crippen molar-refractivity contribution in [2.45, 2.75) is 0 Å². The monoisotopic (exact) mass is 327 g/mol. The minimum absolute atomic E-state index is 0.0560. The van der Waals surface area contributed by atoms with Crippen LogP contribution < -0.4 is 10.2 Å². The maximum absolute atomic E-state index is 12.3. The molecule has 0 unspecified atom stereocenters. The highest BCUT2D eigenvalue weighted by Gasteiger charge is 2.26. The largest absolute Gasteiger partial charge is 0.374 e. The zero-order valence-corrected chi connectivity index (χ0v) is 12.0. The molecule has 1 N–H and O–H groups in total. The van der Waals surface area contributed by atoms with Crippen LogP contribution in [-0.2, 0) is 4.79 Å². The van der Waals surface area contributed by atoms with E-state index >= 15 is 0 Å². The van der Waals surface area contributed by atoms with Gasteiger partial charge < -0.3 is 5.32 Å². The van der Waals surface area contributed by atoms with Crippen LogP contribution >= 0.6 is 15.9 Å². The maximum Gasteiger partial charge on any atom is 0.250 e. The van der Waals surface area contributed by atoms with E-state index < -0.39 is 0 Å². The van der Waals surface area contributed by atoms with Crippen LogP contribution in [0.4, 0.5) is 17.1 Å². The first-order valence-electron chi connectivity index (χ1n) is 6.06. The summed E-state index contributed by atoms with van der Waals surface area (Å²) >= 11 is 3.47. The normalized spacial score (nSPS) is 13.4. The van der Waals surface area contributed by atoms with Crippen molar-refractivity contribution in [2.24, 2.45) is 0 Å². The second-order valence-electron chi connectivity index (χ2n) is 4.38. The molecule has 2 aromatic rings. The van der Waals surface area contributed by atoms with Gasteiger partial charge in [0.2, 0.25) is 0 Å². The van der Waals surface area contributed by atoms with Gasteiger partial charge >= 0.3 is 0 Å². The summed E-state index contributed by atoms with van der Waals surface area (Å²) in [5.74, 6) is -0.0560. The van der Waals surface area contributed by atoms with Gasteiger partial charge in [-0.3, -0.25) is 9.69 Å². The van der Waals surface area contributed by atoms with Gasteiger partial charge in [-0.2, -0.15) is 5.26 Å². The number of nitrogens with one attached hydrogen (secondary N) is 1. The molecule has 1 aliphatic rings. The lowest BCUT2D eigenvalue weighted by Crippen LogP contribution is -2.36. The summed E-state index contributed by atoms with van der Waals surface area (Å²) < 4.78 is 0.837. The number of halogens is 1. The first-order chi connectivity index (χ1) is 9.70. The molecule has 0 fully saturated rings. The van der Waals surface area contributed by atoms with E-state index in [0.29, 0.717) is 11.3 Å². The van der Waals surface area contributed by atoms with Crippen LogP contribution in [0.15, 0.2) is 46.9 Å². The molecule has 0 saturated heterocycles. The van der Waals surface area contributed by atoms with Gasteiger partial charge in [-0.05, 0) is 46.3 Å². The maximum atomic E-state index is 12.3. The van der Waals surface area contributed by atoms with Gasteiger partial charge in [0.25, 0.3) is 5.91 Å². The molecule has 98 valence electrons. The Hall–Kier alpha value is -2.32. The molecule has 0 radical (unpaired) electrons. The lowest BCUT2D eigenvalue weighted by molar-refractivity contribution is -0.116. The number of benzene rings is 2. The molecule has 0 spiro atoms. The average molecular weight is 328 g/mol. The van der Waals surface area contributed by atoms with Gasteiger partial charge in [0, 0.05) is 4.47 Å². The summed E-state index contributed by atoms with van der Waals surface area (Å²) in [5.41, 5.74) is 2.85. The van der Waals surface area contributed by atoms with Crippen LogP contribution in [0, 0.1) is 11.3 Å². The third kappa shape index (κ3) is 2.04. The Balaban J connectivity index is 2.20. The summed E-state index contributed by atoms with van der Waals surface area (Å²) in [5, 5.41) is 12.1. The predicted octanol–water partition coefficient (Wildman–Crippen LogP) is 3.41. The number of carbonyl (C=O) groups excluding carboxylic acids is 1. The molecule has 2 aromatic carbocycles. The van der Waals surface area contributed by atoms with Crippen molar-refractivity contribution in [2.75, 3.05) is 16.8 Å². The Bertz CT molecular complexity index is 736. The highest BCUT2D eigenvalue weighted by molar-refractivity contribution is 9.10. The Morgan fingerprint density at radius 2 is 2.00 bits per heavy atom. The van der Waals surface area contributed by atoms with Gasteiger partial charge in [0.05, 0.1) is 35.2 Å². The molecular weight excluding hydrogens is 318 g/mol. The zero-order chi connectivity index (χ0) is 14.1. The highest BCUT2D eigenvalue weighted by atomic mass is 79.9. The molecule has 1 aliphatic heterocycles. The molecule has 1 heterocycles. The number of anilines is 3. The Morgan fingerprint density at radius 1 is 1.20 bits per heavy atom. The summed E-state index contributed by atoms with van der Waals surface area (Å²) in [4.78, 5) is 13.9. The molecule has 0 saturated carbocycles. The van der Waals surface area contributed by atoms with Crippen LogP contribution in [0.1, 0.15) is 5.56 Å². The number of carbonyl (C=O) groups is 1. The topological polar surface area (TPSA) is 56.1 Å². The number of para-hydroxylation sites is 1. The van der Waals surface area contributed by atoms with Crippen molar-refractivity contribution < 1.29 is 4.79 Å². The van der Waals surface area contributed by atoms with Crippen molar-refractivity contribution in [1.82, 2.24) is 0 Å². The molecule has 4 nitrogen and oxygen atoms in total. The quantitative estimate of drug-likeness (QED) is 0.873. The van der Waals surface area contributed by atoms with E-state index in [1.807, 2.05) is 30.3 Å².